The minimum absolute atomic E-state index is 0.105. The second kappa shape index (κ2) is 9.02. The minimum atomic E-state index is -0.681. The van der Waals surface area contributed by atoms with Crippen molar-refractivity contribution in [2.45, 2.75) is 61.9 Å². The van der Waals surface area contributed by atoms with E-state index in [4.69, 9.17) is 4.74 Å². The Hall–Kier alpha value is -2.30. The number of nitrogens with zero attached hydrogens (tertiary/aromatic N) is 3. The maximum absolute atomic E-state index is 12.5. The quantitative estimate of drug-likeness (QED) is 0.703. The maximum Gasteiger partial charge on any atom is 0.231 e. The highest BCUT2D eigenvalue weighted by atomic mass is 32.2. The molecule has 1 N–H and O–H groups in total. The molecule has 4 rings (SSSR count). The first-order valence-corrected chi connectivity index (χ1v) is 11.3. The van der Waals surface area contributed by atoms with E-state index < -0.39 is 5.54 Å². The Bertz CT molecular complexity index is 878. The zero-order valence-corrected chi connectivity index (χ0v) is 17.3. The Morgan fingerprint density at radius 2 is 2.10 bits per heavy atom. The topological polar surface area (TPSA) is 79.9 Å². The zero-order chi connectivity index (χ0) is 20.1. The van der Waals surface area contributed by atoms with Gasteiger partial charge in [-0.05, 0) is 44.1 Å². The van der Waals surface area contributed by atoms with Crippen molar-refractivity contribution >= 4 is 17.7 Å². The molecule has 2 aromatic rings. The molecule has 0 radical (unpaired) electrons. The van der Waals surface area contributed by atoms with Crippen LogP contribution in [0.25, 0.3) is 11.3 Å². The number of amides is 1. The summed E-state index contributed by atoms with van der Waals surface area (Å²) in [4.78, 5) is 17.1. The summed E-state index contributed by atoms with van der Waals surface area (Å²) in [6.45, 7) is 1.54. The number of aromatic nitrogens is 2. The fourth-order valence-corrected chi connectivity index (χ4v) is 4.95. The molecule has 152 valence electrons. The van der Waals surface area contributed by atoms with E-state index in [9.17, 15) is 10.1 Å². The van der Waals surface area contributed by atoms with E-state index in [1.807, 2.05) is 24.4 Å². The number of imidazole rings is 1. The van der Waals surface area contributed by atoms with Crippen LogP contribution in [0.4, 0.5) is 0 Å². The van der Waals surface area contributed by atoms with Crippen LogP contribution >= 0.6 is 11.8 Å². The second-order valence-corrected chi connectivity index (χ2v) is 8.72. The van der Waals surface area contributed by atoms with Crippen LogP contribution in [-0.2, 0) is 16.1 Å². The van der Waals surface area contributed by atoms with Gasteiger partial charge in [0.1, 0.15) is 5.54 Å². The number of benzene rings is 1. The molecule has 1 aliphatic carbocycles. The molecule has 0 spiro atoms. The summed E-state index contributed by atoms with van der Waals surface area (Å²) < 4.78 is 8.01. The monoisotopic (exact) mass is 410 g/mol. The summed E-state index contributed by atoms with van der Waals surface area (Å²) in [5.41, 5.74) is 1.46. The molecular formula is C22H26N4O2S. The Labute approximate surface area is 175 Å². The van der Waals surface area contributed by atoms with Gasteiger partial charge in [-0.1, -0.05) is 42.1 Å². The lowest BCUT2D eigenvalue weighted by Crippen LogP contribution is -2.45. The van der Waals surface area contributed by atoms with Gasteiger partial charge in [-0.15, -0.1) is 0 Å². The van der Waals surface area contributed by atoms with Gasteiger partial charge in [0.05, 0.1) is 36.4 Å². The van der Waals surface area contributed by atoms with E-state index in [1.54, 1.807) is 0 Å². The number of carbonyl (C=O) groups is 1. The molecule has 2 fully saturated rings. The minimum Gasteiger partial charge on any atom is -0.376 e. The van der Waals surface area contributed by atoms with Crippen LogP contribution in [0.2, 0.25) is 0 Å². The number of ether oxygens (including phenoxy) is 1. The second-order valence-electron chi connectivity index (χ2n) is 7.78. The highest BCUT2D eigenvalue weighted by Gasteiger charge is 2.35. The summed E-state index contributed by atoms with van der Waals surface area (Å²) in [7, 11) is 0. The van der Waals surface area contributed by atoms with E-state index in [2.05, 4.69) is 33.1 Å². The summed E-state index contributed by atoms with van der Waals surface area (Å²) in [6.07, 6.45) is 7.65. The normalized spacial score (nSPS) is 20.4. The van der Waals surface area contributed by atoms with Gasteiger partial charge >= 0.3 is 0 Å². The molecule has 1 amide bonds. The lowest BCUT2D eigenvalue weighted by atomic mass is 10.0. The summed E-state index contributed by atoms with van der Waals surface area (Å²) in [5, 5.41) is 13.3. The molecule has 2 heterocycles. The Morgan fingerprint density at radius 3 is 2.79 bits per heavy atom. The van der Waals surface area contributed by atoms with Crippen molar-refractivity contribution < 1.29 is 9.53 Å². The highest BCUT2D eigenvalue weighted by molar-refractivity contribution is 7.99. The summed E-state index contributed by atoms with van der Waals surface area (Å²) in [6, 6.07) is 12.5. The lowest BCUT2D eigenvalue weighted by molar-refractivity contribution is -0.119. The van der Waals surface area contributed by atoms with Crippen LogP contribution in [0.1, 0.15) is 38.5 Å². The van der Waals surface area contributed by atoms with Crippen molar-refractivity contribution in [2.75, 3.05) is 12.4 Å². The van der Waals surface area contributed by atoms with Crippen LogP contribution in [0.15, 0.2) is 41.7 Å². The first-order valence-electron chi connectivity index (χ1n) is 10.3. The average molecular weight is 411 g/mol. The number of hydrogen-bond acceptors (Lipinski definition) is 5. The Morgan fingerprint density at radius 1 is 1.31 bits per heavy atom. The van der Waals surface area contributed by atoms with Gasteiger partial charge in [0.25, 0.3) is 0 Å². The smallest absolute Gasteiger partial charge is 0.231 e. The Kier molecular flexibility index (Phi) is 6.22. The number of nitrogens with one attached hydrogen (secondary N) is 1. The van der Waals surface area contributed by atoms with Gasteiger partial charge in [0.2, 0.25) is 5.91 Å². The van der Waals surface area contributed by atoms with Gasteiger partial charge in [-0.2, -0.15) is 5.26 Å². The molecule has 1 atom stereocenters. The number of hydrogen-bond donors (Lipinski definition) is 1. The van der Waals surface area contributed by atoms with Crippen LogP contribution in [-0.4, -0.2) is 39.5 Å². The van der Waals surface area contributed by atoms with Gasteiger partial charge < -0.3 is 14.6 Å². The van der Waals surface area contributed by atoms with Crippen molar-refractivity contribution in [3.8, 4) is 17.3 Å². The molecular weight excluding hydrogens is 384 g/mol. The number of nitriles is 1. The molecule has 29 heavy (non-hydrogen) atoms. The average Bonchev–Trinajstić information content (AvgIpc) is 3.50. The summed E-state index contributed by atoms with van der Waals surface area (Å²) >= 11 is 1.42. The first kappa shape index (κ1) is 20.0. The van der Waals surface area contributed by atoms with Crippen LogP contribution in [0, 0.1) is 11.3 Å². The van der Waals surface area contributed by atoms with Crippen LogP contribution in [0.3, 0.4) is 0 Å². The third-order valence-electron chi connectivity index (χ3n) is 5.68. The molecule has 1 aliphatic heterocycles. The van der Waals surface area contributed by atoms with Gasteiger partial charge in [0.15, 0.2) is 5.16 Å². The number of carbonyl (C=O) groups excluding carboxylic acids is 1. The van der Waals surface area contributed by atoms with Crippen LogP contribution < -0.4 is 5.32 Å². The molecule has 1 saturated carbocycles. The summed E-state index contributed by atoms with van der Waals surface area (Å²) in [5.74, 6) is 0.145. The zero-order valence-electron chi connectivity index (χ0n) is 16.5. The van der Waals surface area contributed by atoms with Crippen molar-refractivity contribution in [2.24, 2.45) is 0 Å². The molecule has 7 heteroatoms. The molecule has 1 aromatic heterocycles. The third-order valence-corrected chi connectivity index (χ3v) is 6.67. The molecule has 0 bridgehead atoms. The predicted molar refractivity (Wildman–Crippen MR) is 112 cm³/mol. The lowest BCUT2D eigenvalue weighted by Gasteiger charge is -2.22. The molecule has 2 aliphatic rings. The fourth-order valence-electron chi connectivity index (χ4n) is 4.16. The van der Waals surface area contributed by atoms with Crippen molar-refractivity contribution in [3.05, 3.63) is 36.5 Å². The predicted octanol–water partition coefficient (Wildman–Crippen LogP) is 3.77. The van der Waals surface area contributed by atoms with Crippen molar-refractivity contribution in [1.29, 1.82) is 5.26 Å². The fraction of sp³-hybridized carbons (Fsp3) is 0.500. The Balaban J connectivity index is 1.48. The van der Waals surface area contributed by atoms with E-state index in [0.29, 0.717) is 0 Å². The number of rotatable bonds is 7. The molecule has 6 nitrogen and oxygen atoms in total. The molecule has 1 saturated heterocycles. The largest absolute Gasteiger partial charge is 0.376 e. The van der Waals surface area contributed by atoms with Crippen molar-refractivity contribution in [1.82, 2.24) is 14.9 Å². The van der Waals surface area contributed by atoms with E-state index in [-0.39, 0.29) is 17.8 Å². The van der Waals surface area contributed by atoms with E-state index in [0.717, 1.165) is 68.1 Å². The molecule has 1 unspecified atom stereocenters. The van der Waals surface area contributed by atoms with E-state index in [1.165, 1.54) is 11.8 Å². The SMILES string of the molecule is N#CC1(NC(=O)CSc2ncc(-c3ccccc3)n2CC2CCCO2)CCCC1. The number of thioether (sulfide) groups is 1. The third kappa shape index (κ3) is 4.65. The van der Waals surface area contributed by atoms with Crippen molar-refractivity contribution in [3.63, 3.8) is 0 Å². The van der Waals surface area contributed by atoms with Crippen LogP contribution in [0.5, 0.6) is 0 Å². The standard InChI is InChI=1S/C22H26N4O2S/c23-16-22(10-4-5-11-22)25-20(27)15-29-21-24-13-19(17-7-2-1-3-8-17)26(21)14-18-9-6-12-28-18/h1-3,7-8,13,18H,4-6,9-12,14-15H2,(H,25,27). The first-order chi connectivity index (χ1) is 14.2. The maximum atomic E-state index is 12.5. The highest BCUT2D eigenvalue weighted by Crippen LogP contribution is 2.30. The van der Waals surface area contributed by atoms with Gasteiger partial charge in [-0.25, -0.2) is 4.98 Å². The van der Waals surface area contributed by atoms with Gasteiger partial charge in [-0.3, -0.25) is 4.79 Å². The van der Waals surface area contributed by atoms with Gasteiger partial charge in [0, 0.05) is 6.61 Å². The molecule has 1 aromatic carbocycles. The van der Waals surface area contributed by atoms with E-state index >= 15 is 0 Å².